The molecule has 3 heteroatoms. The molecule has 0 unspecified atom stereocenters. The molecule has 1 aromatic carbocycles. The fraction of sp³-hybridized carbons (Fsp3) is 0.300. The molecule has 1 heterocycles. The number of fused-ring (bicyclic) bond motifs is 1. The van der Waals surface area contributed by atoms with Gasteiger partial charge in [-0.15, -0.1) is 11.3 Å². The van der Waals surface area contributed by atoms with E-state index in [1.807, 2.05) is 0 Å². The second kappa shape index (κ2) is 3.07. The van der Waals surface area contributed by atoms with Crippen molar-refractivity contribution in [2.24, 2.45) is 0 Å². The summed E-state index contributed by atoms with van der Waals surface area (Å²) in [5, 5.41) is 1.07. The molecule has 0 saturated heterocycles. The van der Waals surface area contributed by atoms with E-state index in [0.717, 1.165) is 27.2 Å². The molecule has 0 N–H and O–H groups in total. The van der Waals surface area contributed by atoms with Gasteiger partial charge in [0.15, 0.2) is 0 Å². The average molecular weight is 195 g/mol. The minimum absolute atomic E-state index is 0.140. The molecule has 2 rings (SSSR count). The summed E-state index contributed by atoms with van der Waals surface area (Å²) in [6.07, 6.45) is 0.917. The van der Waals surface area contributed by atoms with E-state index in [-0.39, 0.29) is 5.82 Å². The van der Waals surface area contributed by atoms with Gasteiger partial charge in [-0.25, -0.2) is 9.37 Å². The van der Waals surface area contributed by atoms with Gasteiger partial charge in [0.05, 0.1) is 15.2 Å². The van der Waals surface area contributed by atoms with Crippen LogP contribution in [0, 0.1) is 12.7 Å². The van der Waals surface area contributed by atoms with Crippen LogP contribution in [0.4, 0.5) is 4.39 Å². The zero-order valence-corrected chi connectivity index (χ0v) is 8.41. The number of rotatable bonds is 1. The molecule has 1 nitrogen and oxygen atoms in total. The maximum absolute atomic E-state index is 13.1. The van der Waals surface area contributed by atoms with E-state index < -0.39 is 0 Å². The Kier molecular flexibility index (Phi) is 2.04. The van der Waals surface area contributed by atoms with Gasteiger partial charge in [-0.2, -0.15) is 0 Å². The standard InChI is InChI=1S/C10H10FNS/c1-3-9-12-8-5-4-7(11)6(2)10(8)13-9/h4-5H,3H2,1-2H3. The Labute approximate surface area is 80.2 Å². The zero-order valence-electron chi connectivity index (χ0n) is 7.60. The summed E-state index contributed by atoms with van der Waals surface area (Å²) in [5.41, 5.74) is 1.63. The number of hydrogen-bond acceptors (Lipinski definition) is 2. The van der Waals surface area contributed by atoms with E-state index in [1.54, 1.807) is 24.3 Å². The minimum atomic E-state index is -0.140. The van der Waals surface area contributed by atoms with E-state index in [4.69, 9.17) is 0 Å². The highest BCUT2D eigenvalue weighted by molar-refractivity contribution is 7.18. The van der Waals surface area contributed by atoms with Gasteiger partial charge in [0.1, 0.15) is 5.82 Å². The molecule has 0 aliphatic heterocycles. The first-order valence-corrected chi connectivity index (χ1v) is 5.08. The van der Waals surface area contributed by atoms with Crippen molar-refractivity contribution in [1.82, 2.24) is 4.98 Å². The van der Waals surface area contributed by atoms with Crippen LogP contribution in [0.1, 0.15) is 17.5 Å². The van der Waals surface area contributed by atoms with Crippen molar-refractivity contribution in [2.75, 3.05) is 0 Å². The van der Waals surface area contributed by atoms with Crippen LogP contribution in [0.5, 0.6) is 0 Å². The van der Waals surface area contributed by atoms with Gasteiger partial charge in [0.2, 0.25) is 0 Å². The fourth-order valence-corrected chi connectivity index (χ4v) is 2.29. The van der Waals surface area contributed by atoms with E-state index in [2.05, 4.69) is 11.9 Å². The highest BCUT2D eigenvalue weighted by atomic mass is 32.1. The van der Waals surface area contributed by atoms with E-state index in [0.29, 0.717) is 0 Å². The second-order valence-corrected chi connectivity index (χ2v) is 4.07. The smallest absolute Gasteiger partial charge is 0.127 e. The Bertz CT molecular complexity index is 447. The Morgan fingerprint density at radius 1 is 1.46 bits per heavy atom. The van der Waals surface area contributed by atoms with E-state index in [9.17, 15) is 4.39 Å². The normalized spacial score (nSPS) is 11.0. The van der Waals surface area contributed by atoms with Gasteiger partial charge < -0.3 is 0 Å². The highest BCUT2D eigenvalue weighted by Gasteiger charge is 2.07. The van der Waals surface area contributed by atoms with Gasteiger partial charge in [0, 0.05) is 5.56 Å². The summed E-state index contributed by atoms with van der Waals surface area (Å²) in [7, 11) is 0. The lowest BCUT2D eigenvalue weighted by Gasteiger charge is -1.94. The molecule has 0 bridgehead atoms. The van der Waals surface area contributed by atoms with Gasteiger partial charge in [-0.1, -0.05) is 6.92 Å². The number of hydrogen-bond donors (Lipinski definition) is 0. The Morgan fingerprint density at radius 2 is 2.23 bits per heavy atom. The van der Waals surface area contributed by atoms with E-state index >= 15 is 0 Å². The first kappa shape index (κ1) is 8.63. The maximum atomic E-state index is 13.1. The van der Waals surface area contributed by atoms with Crippen molar-refractivity contribution < 1.29 is 4.39 Å². The van der Waals surface area contributed by atoms with Crippen molar-refractivity contribution >= 4 is 21.6 Å². The fourth-order valence-electron chi connectivity index (χ4n) is 1.30. The van der Waals surface area contributed by atoms with Crippen molar-refractivity contribution in [3.63, 3.8) is 0 Å². The molecule has 13 heavy (non-hydrogen) atoms. The monoisotopic (exact) mass is 195 g/mol. The van der Waals surface area contributed by atoms with Crippen molar-refractivity contribution in [1.29, 1.82) is 0 Å². The lowest BCUT2D eigenvalue weighted by molar-refractivity contribution is 0.621. The largest absolute Gasteiger partial charge is 0.241 e. The predicted molar refractivity (Wildman–Crippen MR) is 53.7 cm³/mol. The molecule has 0 spiro atoms. The summed E-state index contributed by atoms with van der Waals surface area (Å²) in [6.45, 7) is 3.86. The minimum Gasteiger partial charge on any atom is -0.241 e. The number of benzene rings is 1. The van der Waals surface area contributed by atoms with Crippen molar-refractivity contribution in [3.8, 4) is 0 Å². The van der Waals surface area contributed by atoms with Gasteiger partial charge >= 0.3 is 0 Å². The summed E-state index contributed by atoms with van der Waals surface area (Å²) >= 11 is 1.59. The summed E-state index contributed by atoms with van der Waals surface area (Å²) in [6, 6.07) is 3.23. The van der Waals surface area contributed by atoms with Crippen LogP contribution in [0.3, 0.4) is 0 Å². The van der Waals surface area contributed by atoms with Crippen LogP contribution in [-0.4, -0.2) is 4.98 Å². The Hall–Kier alpha value is -0.960. The topological polar surface area (TPSA) is 12.9 Å². The van der Waals surface area contributed by atoms with Crippen LogP contribution >= 0.6 is 11.3 Å². The first-order valence-electron chi connectivity index (χ1n) is 4.27. The van der Waals surface area contributed by atoms with E-state index in [1.165, 1.54) is 6.07 Å². The van der Waals surface area contributed by atoms with Crippen molar-refractivity contribution in [2.45, 2.75) is 20.3 Å². The molecule has 1 aromatic heterocycles. The molecular formula is C10H10FNS. The van der Waals surface area contributed by atoms with Crippen LogP contribution in [0.15, 0.2) is 12.1 Å². The molecule has 0 radical (unpaired) electrons. The number of aryl methyl sites for hydroxylation is 2. The predicted octanol–water partition coefficient (Wildman–Crippen LogP) is 3.31. The molecule has 2 aromatic rings. The van der Waals surface area contributed by atoms with Crippen LogP contribution in [0.2, 0.25) is 0 Å². The SMILES string of the molecule is CCc1nc2ccc(F)c(C)c2s1. The third kappa shape index (κ3) is 1.33. The Morgan fingerprint density at radius 3 is 2.92 bits per heavy atom. The van der Waals surface area contributed by atoms with Crippen LogP contribution < -0.4 is 0 Å². The van der Waals surface area contributed by atoms with Crippen LogP contribution in [-0.2, 0) is 6.42 Å². The molecule has 0 saturated carbocycles. The number of nitrogens with zero attached hydrogens (tertiary/aromatic N) is 1. The average Bonchev–Trinajstić information content (AvgIpc) is 2.55. The van der Waals surface area contributed by atoms with Crippen LogP contribution in [0.25, 0.3) is 10.2 Å². The third-order valence-electron chi connectivity index (χ3n) is 2.09. The number of thiazole rings is 1. The molecular weight excluding hydrogens is 185 g/mol. The molecule has 0 amide bonds. The lowest BCUT2D eigenvalue weighted by atomic mass is 10.2. The second-order valence-electron chi connectivity index (χ2n) is 2.98. The first-order chi connectivity index (χ1) is 6.22. The summed E-state index contributed by atoms with van der Waals surface area (Å²) in [5.74, 6) is -0.140. The van der Waals surface area contributed by atoms with Crippen molar-refractivity contribution in [3.05, 3.63) is 28.5 Å². The molecule has 0 aliphatic carbocycles. The van der Waals surface area contributed by atoms with Gasteiger partial charge in [0.25, 0.3) is 0 Å². The zero-order chi connectivity index (χ0) is 9.42. The molecule has 68 valence electrons. The Balaban J connectivity index is 2.76. The van der Waals surface area contributed by atoms with Gasteiger partial charge in [-0.05, 0) is 25.5 Å². The molecule has 0 fully saturated rings. The quantitative estimate of drug-likeness (QED) is 0.680. The number of halogens is 1. The highest BCUT2D eigenvalue weighted by Crippen LogP contribution is 2.27. The maximum Gasteiger partial charge on any atom is 0.127 e. The lowest BCUT2D eigenvalue weighted by Crippen LogP contribution is -1.80. The molecule has 0 atom stereocenters. The third-order valence-corrected chi connectivity index (χ3v) is 3.42. The number of aromatic nitrogens is 1. The van der Waals surface area contributed by atoms with Gasteiger partial charge in [-0.3, -0.25) is 0 Å². The summed E-state index contributed by atoms with van der Waals surface area (Å²) in [4.78, 5) is 4.38. The summed E-state index contributed by atoms with van der Waals surface area (Å²) < 4.78 is 14.1. The molecule has 0 aliphatic rings.